The second-order valence-electron chi connectivity index (χ2n) is 3.40. The molecule has 1 fully saturated rings. The average molecular weight is 204 g/mol. The molecule has 0 aromatic carbocycles. The lowest BCUT2D eigenvalue weighted by Crippen LogP contribution is -2.62. The average Bonchev–Trinajstić information content (AvgIpc) is 2.22. The second kappa shape index (κ2) is 3.94. The van der Waals surface area contributed by atoms with E-state index in [0.29, 0.717) is 6.29 Å². The van der Waals surface area contributed by atoms with Crippen molar-refractivity contribution in [3.63, 3.8) is 0 Å². The lowest BCUT2D eigenvalue weighted by molar-refractivity contribution is -0.424. The van der Waals surface area contributed by atoms with Gasteiger partial charge >= 0.3 is 0 Å². The van der Waals surface area contributed by atoms with Gasteiger partial charge in [0.25, 0.3) is 0 Å². The Morgan fingerprint density at radius 2 is 1.86 bits per heavy atom. The number of methoxy groups -OCH3 is 2. The molecule has 0 bridgehead atoms. The monoisotopic (exact) mass is 204 g/mol. The summed E-state index contributed by atoms with van der Waals surface area (Å²) >= 11 is 0. The second-order valence-corrected chi connectivity index (χ2v) is 3.40. The number of hydrogen-bond donors (Lipinski definition) is 0. The minimum atomic E-state index is -1.08. The molecule has 0 aromatic rings. The Hall–Kier alpha value is -0.490. The quantitative estimate of drug-likeness (QED) is 0.620. The molecule has 1 aliphatic heterocycles. The maximum Gasteiger partial charge on any atom is 0.220 e. The number of aldehydes is 1. The Morgan fingerprint density at radius 3 is 2.29 bits per heavy atom. The van der Waals surface area contributed by atoms with Gasteiger partial charge in [0, 0.05) is 14.2 Å². The molecular weight excluding hydrogens is 188 g/mol. The highest BCUT2D eigenvalue weighted by Crippen LogP contribution is 2.35. The standard InChI is InChI=1S/C9H16O5/c1-8(11-3)9(2,12-4)14-7(5-10)6-13-8/h5,7H,6H2,1-4H3/t7-,8?,9+/m0/s1. The van der Waals surface area contributed by atoms with Crippen molar-refractivity contribution in [2.75, 3.05) is 20.8 Å². The number of ether oxygens (including phenoxy) is 4. The van der Waals surface area contributed by atoms with Crippen LogP contribution in [-0.2, 0) is 23.7 Å². The summed E-state index contributed by atoms with van der Waals surface area (Å²) in [5.41, 5.74) is 0. The summed E-state index contributed by atoms with van der Waals surface area (Å²) in [6, 6.07) is 0. The molecule has 0 spiro atoms. The van der Waals surface area contributed by atoms with Crippen molar-refractivity contribution in [3.8, 4) is 0 Å². The molecule has 0 aliphatic carbocycles. The molecule has 0 N–H and O–H groups in total. The van der Waals surface area contributed by atoms with Crippen LogP contribution in [0.25, 0.3) is 0 Å². The van der Waals surface area contributed by atoms with Gasteiger partial charge in [-0.1, -0.05) is 0 Å². The Kier molecular flexibility index (Phi) is 3.26. The number of carbonyl (C=O) groups excluding carboxylic acids is 1. The van der Waals surface area contributed by atoms with Crippen LogP contribution in [0.15, 0.2) is 0 Å². The maximum absolute atomic E-state index is 10.6. The first-order chi connectivity index (χ1) is 6.51. The zero-order valence-electron chi connectivity index (χ0n) is 8.90. The molecule has 0 amide bonds. The Morgan fingerprint density at radius 1 is 1.29 bits per heavy atom. The lowest BCUT2D eigenvalue weighted by Gasteiger charge is -2.47. The van der Waals surface area contributed by atoms with E-state index in [0.717, 1.165) is 0 Å². The fraction of sp³-hybridized carbons (Fsp3) is 0.889. The third kappa shape index (κ3) is 1.68. The van der Waals surface area contributed by atoms with Crippen LogP contribution in [0, 0.1) is 0 Å². The summed E-state index contributed by atoms with van der Waals surface area (Å²) in [6.45, 7) is 3.55. The van der Waals surface area contributed by atoms with Crippen LogP contribution in [0.4, 0.5) is 0 Å². The summed E-state index contributed by atoms with van der Waals surface area (Å²) in [4.78, 5) is 10.6. The van der Waals surface area contributed by atoms with Crippen LogP contribution in [0.1, 0.15) is 13.8 Å². The van der Waals surface area contributed by atoms with Crippen LogP contribution < -0.4 is 0 Å². The smallest absolute Gasteiger partial charge is 0.220 e. The molecule has 1 saturated heterocycles. The largest absolute Gasteiger partial charge is 0.349 e. The molecule has 0 radical (unpaired) electrons. The van der Waals surface area contributed by atoms with E-state index in [1.165, 1.54) is 14.2 Å². The van der Waals surface area contributed by atoms with E-state index in [4.69, 9.17) is 18.9 Å². The summed E-state index contributed by atoms with van der Waals surface area (Å²) in [7, 11) is 2.98. The molecule has 0 aromatic heterocycles. The minimum Gasteiger partial charge on any atom is -0.349 e. The first kappa shape index (κ1) is 11.6. The van der Waals surface area contributed by atoms with Gasteiger partial charge in [-0.2, -0.15) is 0 Å². The topological polar surface area (TPSA) is 54.0 Å². The number of hydrogen-bond acceptors (Lipinski definition) is 5. The highest BCUT2D eigenvalue weighted by atomic mass is 16.8. The van der Waals surface area contributed by atoms with E-state index < -0.39 is 17.7 Å². The van der Waals surface area contributed by atoms with Crippen LogP contribution in [0.2, 0.25) is 0 Å². The summed E-state index contributed by atoms with van der Waals surface area (Å²) in [5.74, 6) is -2.08. The van der Waals surface area contributed by atoms with Crippen molar-refractivity contribution in [3.05, 3.63) is 0 Å². The molecule has 3 atom stereocenters. The zero-order valence-corrected chi connectivity index (χ0v) is 8.90. The molecule has 1 aliphatic rings. The fourth-order valence-electron chi connectivity index (χ4n) is 1.35. The van der Waals surface area contributed by atoms with Crippen LogP contribution in [0.5, 0.6) is 0 Å². The first-order valence-electron chi connectivity index (χ1n) is 4.38. The van der Waals surface area contributed by atoms with Crippen molar-refractivity contribution < 1.29 is 23.7 Å². The highest BCUT2D eigenvalue weighted by molar-refractivity contribution is 5.56. The van der Waals surface area contributed by atoms with Gasteiger partial charge in [0.2, 0.25) is 11.6 Å². The van der Waals surface area contributed by atoms with E-state index in [1.54, 1.807) is 13.8 Å². The molecule has 5 heteroatoms. The van der Waals surface area contributed by atoms with Gasteiger partial charge in [-0.3, -0.25) is 0 Å². The van der Waals surface area contributed by atoms with Gasteiger partial charge < -0.3 is 23.7 Å². The first-order valence-corrected chi connectivity index (χ1v) is 4.38. The minimum absolute atomic E-state index is 0.173. The van der Waals surface area contributed by atoms with Crippen molar-refractivity contribution >= 4 is 6.29 Å². The van der Waals surface area contributed by atoms with E-state index in [9.17, 15) is 4.79 Å². The normalized spacial score (nSPS) is 43.6. The number of carbonyl (C=O) groups is 1. The van der Waals surface area contributed by atoms with Gasteiger partial charge in [0.05, 0.1) is 6.61 Å². The van der Waals surface area contributed by atoms with Crippen LogP contribution in [0.3, 0.4) is 0 Å². The summed E-state index contributed by atoms with van der Waals surface area (Å²) < 4.78 is 21.2. The van der Waals surface area contributed by atoms with Gasteiger partial charge in [-0.15, -0.1) is 0 Å². The summed E-state index contributed by atoms with van der Waals surface area (Å²) in [6.07, 6.45) is 0.0788. The van der Waals surface area contributed by atoms with E-state index in [1.807, 2.05) is 0 Å². The fourth-order valence-corrected chi connectivity index (χ4v) is 1.35. The Labute approximate surface area is 83.3 Å². The Balaban J connectivity index is 2.86. The predicted molar refractivity (Wildman–Crippen MR) is 47.7 cm³/mol. The van der Waals surface area contributed by atoms with Crippen molar-refractivity contribution in [1.82, 2.24) is 0 Å². The zero-order chi connectivity index (χ0) is 10.8. The number of rotatable bonds is 3. The third-order valence-corrected chi connectivity index (χ3v) is 2.66. The molecule has 82 valence electrons. The molecule has 1 heterocycles. The summed E-state index contributed by atoms with van der Waals surface area (Å²) in [5, 5.41) is 0. The van der Waals surface area contributed by atoms with Crippen molar-refractivity contribution in [1.29, 1.82) is 0 Å². The van der Waals surface area contributed by atoms with Gasteiger partial charge in [0.15, 0.2) is 6.29 Å². The molecule has 1 unspecified atom stereocenters. The van der Waals surface area contributed by atoms with Gasteiger partial charge in [-0.05, 0) is 13.8 Å². The predicted octanol–water partition coefficient (Wildman–Crippen LogP) is 0.326. The lowest BCUT2D eigenvalue weighted by atomic mass is 10.1. The SMILES string of the molecule is COC1(C)OC[C@H](C=O)O[C@@]1(C)OC. The van der Waals surface area contributed by atoms with Gasteiger partial charge in [0.1, 0.15) is 6.10 Å². The molecule has 5 nitrogen and oxygen atoms in total. The van der Waals surface area contributed by atoms with Crippen LogP contribution >= 0.6 is 0 Å². The van der Waals surface area contributed by atoms with Gasteiger partial charge in [-0.25, -0.2) is 0 Å². The van der Waals surface area contributed by atoms with E-state index in [-0.39, 0.29) is 6.61 Å². The Bertz CT molecular complexity index is 219. The van der Waals surface area contributed by atoms with Crippen molar-refractivity contribution in [2.24, 2.45) is 0 Å². The molecule has 1 rings (SSSR count). The highest BCUT2D eigenvalue weighted by Gasteiger charge is 2.53. The molecular formula is C9H16O5. The molecule has 14 heavy (non-hydrogen) atoms. The molecule has 0 saturated carbocycles. The van der Waals surface area contributed by atoms with E-state index in [2.05, 4.69) is 0 Å². The van der Waals surface area contributed by atoms with Crippen LogP contribution in [-0.4, -0.2) is 44.8 Å². The maximum atomic E-state index is 10.6. The van der Waals surface area contributed by atoms with Crippen molar-refractivity contribution in [2.45, 2.75) is 31.5 Å². The van der Waals surface area contributed by atoms with E-state index >= 15 is 0 Å². The third-order valence-electron chi connectivity index (χ3n) is 2.66.